The topological polar surface area (TPSA) is 43.4 Å². The van der Waals surface area contributed by atoms with Crippen LogP contribution in [0.1, 0.15) is 25.8 Å². The van der Waals surface area contributed by atoms with Crippen LogP contribution in [-0.4, -0.2) is 18.4 Å². The number of rotatable bonds is 4. The third kappa shape index (κ3) is 2.20. The first kappa shape index (κ1) is 14.3. The van der Waals surface area contributed by atoms with E-state index in [9.17, 15) is 9.59 Å². The van der Waals surface area contributed by atoms with Crippen LogP contribution in [0.5, 0.6) is 0 Å². The van der Waals surface area contributed by atoms with Gasteiger partial charge in [-0.25, -0.2) is 0 Å². The molecule has 2 rings (SSSR count). The van der Waals surface area contributed by atoms with Crippen molar-refractivity contribution >= 4 is 17.3 Å². The highest BCUT2D eigenvalue weighted by Crippen LogP contribution is 2.46. The van der Waals surface area contributed by atoms with E-state index in [1.165, 1.54) is 6.92 Å². The van der Waals surface area contributed by atoms with Gasteiger partial charge in [-0.3, -0.25) is 9.59 Å². The van der Waals surface area contributed by atoms with Crippen molar-refractivity contribution in [2.45, 2.75) is 20.3 Å². The van der Waals surface area contributed by atoms with Gasteiger partial charge in [0.2, 0.25) is 0 Å². The monoisotopic (exact) mass is 270 g/mol. The second kappa shape index (κ2) is 5.45. The Bertz CT molecular complexity index is 584. The van der Waals surface area contributed by atoms with E-state index < -0.39 is 11.4 Å². The lowest BCUT2D eigenvalue weighted by atomic mass is 9.77. The van der Waals surface area contributed by atoms with Gasteiger partial charge < -0.3 is 4.74 Å². The minimum atomic E-state index is -1.25. The summed E-state index contributed by atoms with van der Waals surface area (Å²) in [5, 5.41) is 0. The molecule has 0 saturated heterocycles. The Morgan fingerprint density at radius 3 is 2.50 bits per heavy atom. The number of carbonyl (C=O) groups is 2. The fourth-order valence-corrected chi connectivity index (χ4v) is 2.57. The molecule has 1 aromatic rings. The van der Waals surface area contributed by atoms with Gasteiger partial charge in [-0.15, -0.1) is 0 Å². The number of hydrogen-bond donors (Lipinski definition) is 0. The molecule has 0 saturated carbocycles. The Kier molecular flexibility index (Phi) is 3.89. The van der Waals surface area contributed by atoms with E-state index in [0.717, 1.165) is 11.1 Å². The molecule has 1 aromatic carbocycles. The molecule has 1 aliphatic rings. The average Bonchev–Trinajstić information content (AvgIpc) is 2.79. The second-order valence-electron chi connectivity index (χ2n) is 4.92. The van der Waals surface area contributed by atoms with Crippen molar-refractivity contribution in [2.75, 3.05) is 6.61 Å². The first-order valence-electron chi connectivity index (χ1n) is 6.66. The Hall–Kier alpha value is -2.16. The first-order chi connectivity index (χ1) is 9.52. The fourth-order valence-electron chi connectivity index (χ4n) is 2.57. The number of ketones is 1. The molecule has 0 bridgehead atoms. The summed E-state index contributed by atoms with van der Waals surface area (Å²) >= 11 is 0. The van der Waals surface area contributed by atoms with Gasteiger partial charge in [0.1, 0.15) is 0 Å². The van der Waals surface area contributed by atoms with Gasteiger partial charge in [0.05, 0.1) is 6.61 Å². The number of ether oxygens (including phenoxy) is 1. The fraction of sp³-hybridized carbons (Fsp3) is 0.294. The smallest absolute Gasteiger partial charge is 0.324 e. The normalized spacial score (nSPS) is 21.5. The van der Waals surface area contributed by atoms with Crippen LogP contribution in [0.15, 0.2) is 48.6 Å². The molecule has 0 aromatic heterocycles. The minimum absolute atomic E-state index is 0.219. The zero-order valence-electron chi connectivity index (χ0n) is 11.8. The highest BCUT2D eigenvalue weighted by atomic mass is 16.5. The standard InChI is InChI=1S/C17H18O3/c1-4-20-16(19)17(13(3)18)11-15(10-12(17)2)14-8-6-5-7-9-14/h5-10H,2,4,11H2,1,3H3. The van der Waals surface area contributed by atoms with E-state index in [1.54, 1.807) is 6.92 Å². The zero-order chi connectivity index (χ0) is 14.8. The van der Waals surface area contributed by atoms with Crippen LogP contribution in [-0.2, 0) is 14.3 Å². The van der Waals surface area contributed by atoms with Crippen LogP contribution >= 0.6 is 0 Å². The molecule has 104 valence electrons. The van der Waals surface area contributed by atoms with Crippen molar-refractivity contribution < 1.29 is 14.3 Å². The average molecular weight is 270 g/mol. The van der Waals surface area contributed by atoms with E-state index in [4.69, 9.17) is 4.74 Å². The lowest BCUT2D eigenvalue weighted by Crippen LogP contribution is -2.38. The molecule has 3 nitrogen and oxygen atoms in total. The van der Waals surface area contributed by atoms with Crippen molar-refractivity contribution in [1.29, 1.82) is 0 Å². The molecule has 1 aliphatic carbocycles. The first-order valence-corrected chi connectivity index (χ1v) is 6.66. The Labute approximate surface area is 118 Å². The number of esters is 1. The summed E-state index contributed by atoms with van der Waals surface area (Å²) in [4.78, 5) is 24.3. The van der Waals surface area contributed by atoms with Gasteiger partial charge in [0.25, 0.3) is 0 Å². The van der Waals surface area contributed by atoms with E-state index in [2.05, 4.69) is 6.58 Å². The molecular formula is C17H18O3. The van der Waals surface area contributed by atoms with Gasteiger partial charge in [0, 0.05) is 6.42 Å². The lowest BCUT2D eigenvalue weighted by Gasteiger charge is -2.25. The molecule has 20 heavy (non-hydrogen) atoms. The van der Waals surface area contributed by atoms with Crippen LogP contribution in [0, 0.1) is 5.41 Å². The third-order valence-electron chi connectivity index (χ3n) is 3.72. The highest BCUT2D eigenvalue weighted by Gasteiger charge is 2.50. The van der Waals surface area contributed by atoms with E-state index in [-0.39, 0.29) is 12.4 Å². The van der Waals surface area contributed by atoms with Crippen LogP contribution in [0.4, 0.5) is 0 Å². The summed E-state index contributed by atoms with van der Waals surface area (Å²) in [7, 11) is 0. The maximum absolute atomic E-state index is 12.3. The van der Waals surface area contributed by atoms with Crippen molar-refractivity contribution in [2.24, 2.45) is 5.41 Å². The van der Waals surface area contributed by atoms with Gasteiger partial charge in [-0.1, -0.05) is 43.0 Å². The van der Waals surface area contributed by atoms with Crippen LogP contribution in [0.3, 0.4) is 0 Å². The van der Waals surface area contributed by atoms with Gasteiger partial charge >= 0.3 is 5.97 Å². The quantitative estimate of drug-likeness (QED) is 0.623. The molecule has 3 heteroatoms. The molecule has 1 atom stereocenters. The predicted octanol–water partition coefficient (Wildman–Crippen LogP) is 3.17. The molecule has 0 amide bonds. The number of allylic oxidation sites excluding steroid dienone is 2. The number of Topliss-reactive ketones (excluding diaryl/α,β-unsaturated/α-hetero) is 1. The summed E-state index contributed by atoms with van der Waals surface area (Å²) in [5.74, 6) is -0.720. The second-order valence-corrected chi connectivity index (χ2v) is 4.92. The number of hydrogen-bond acceptors (Lipinski definition) is 3. The third-order valence-corrected chi connectivity index (χ3v) is 3.72. The summed E-state index contributed by atoms with van der Waals surface area (Å²) in [6, 6.07) is 9.70. The van der Waals surface area contributed by atoms with E-state index in [0.29, 0.717) is 12.0 Å². The molecular weight excluding hydrogens is 252 g/mol. The van der Waals surface area contributed by atoms with Crippen LogP contribution < -0.4 is 0 Å². The minimum Gasteiger partial charge on any atom is -0.465 e. The summed E-state index contributed by atoms with van der Waals surface area (Å²) < 4.78 is 5.09. The summed E-state index contributed by atoms with van der Waals surface area (Å²) in [6.45, 7) is 7.31. The molecule has 0 N–H and O–H groups in total. The summed E-state index contributed by atoms with van der Waals surface area (Å²) in [5.41, 5.74) is 1.21. The molecule has 0 radical (unpaired) electrons. The Morgan fingerprint density at radius 2 is 1.95 bits per heavy atom. The van der Waals surface area contributed by atoms with Gasteiger partial charge in [-0.05, 0) is 30.6 Å². The molecule has 0 fully saturated rings. The van der Waals surface area contributed by atoms with Gasteiger partial charge in [-0.2, -0.15) is 0 Å². The molecule has 1 unspecified atom stereocenters. The lowest BCUT2D eigenvalue weighted by molar-refractivity contribution is -0.156. The van der Waals surface area contributed by atoms with Crippen molar-refractivity contribution in [3.05, 3.63) is 54.1 Å². The Balaban J connectivity index is 2.38. The van der Waals surface area contributed by atoms with E-state index >= 15 is 0 Å². The molecule has 0 spiro atoms. The summed E-state index contributed by atoms with van der Waals surface area (Å²) in [6.07, 6.45) is 2.15. The SMILES string of the molecule is C=C1C=C(c2ccccc2)CC1(C(C)=O)C(=O)OCC. The van der Waals surface area contributed by atoms with Crippen molar-refractivity contribution in [1.82, 2.24) is 0 Å². The van der Waals surface area contributed by atoms with Crippen LogP contribution in [0.25, 0.3) is 5.57 Å². The highest BCUT2D eigenvalue weighted by molar-refractivity contribution is 6.10. The van der Waals surface area contributed by atoms with Gasteiger partial charge in [0.15, 0.2) is 11.2 Å². The maximum Gasteiger partial charge on any atom is 0.324 e. The van der Waals surface area contributed by atoms with E-state index in [1.807, 2.05) is 36.4 Å². The molecule has 0 aliphatic heterocycles. The number of benzene rings is 1. The maximum atomic E-state index is 12.3. The Morgan fingerprint density at radius 1 is 1.30 bits per heavy atom. The van der Waals surface area contributed by atoms with Crippen molar-refractivity contribution in [3.8, 4) is 0 Å². The zero-order valence-corrected chi connectivity index (χ0v) is 11.8. The molecule has 0 heterocycles. The van der Waals surface area contributed by atoms with Crippen molar-refractivity contribution in [3.63, 3.8) is 0 Å². The van der Waals surface area contributed by atoms with Crippen LogP contribution in [0.2, 0.25) is 0 Å². The number of carbonyl (C=O) groups excluding carboxylic acids is 2. The predicted molar refractivity (Wildman–Crippen MR) is 77.9 cm³/mol. The largest absolute Gasteiger partial charge is 0.465 e.